The number of carbonyl (C=O) groups excluding carboxylic acids is 1. The number of nitrogens with two attached hydrogens (primary N) is 1. The molecule has 1 atom stereocenters. The highest BCUT2D eigenvalue weighted by atomic mass is 16.2. The number of aryl methyl sites for hydroxylation is 2. The third-order valence-electron chi connectivity index (χ3n) is 4.05. The molecular weight excluding hydrogens is 236 g/mol. The van der Waals surface area contributed by atoms with E-state index in [1.54, 1.807) is 0 Å². The number of rotatable bonds is 2. The van der Waals surface area contributed by atoms with Crippen molar-refractivity contribution in [3.05, 3.63) is 34.9 Å². The molecule has 0 aliphatic carbocycles. The summed E-state index contributed by atoms with van der Waals surface area (Å²) in [6.45, 7) is 9.01. The highest BCUT2D eigenvalue weighted by Gasteiger charge is 2.39. The van der Waals surface area contributed by atoms with Gasteiger partial charge in [-0.25, -0.2) is 0 Å². The third kappa shape index (κ3) is 2.98. The van der Waals surface area contributed by atoms with E-state index in [2.05, 4.69) is 45.9 Å². The Balaban J connectivity index is 2.13. The molecule has 2 rings (SSSR count). The fourth-order valence-electron chi connectivity index (χ4n) is 3.04. The Morgan fingerprint density at radius 3 is 2.63 bits per heavy atom. The molecule has 0 radical (unpaired) electrons. The Morgan fingerprint density at radius 1 is 1.42 bits per heavy atom. The molecule has 0 spiro atoms. The van der Waals surface area contributed by atoms with Crippen LogP contribution in [0.5, 0.6) is 0 Å². The van der Waals surface area contributed by atoms with Gasteiger partial charge in [0.15, 0.2) is 0 Å². The van der Waals surface area contributed by atoms with Gasteiger partial charge in [-0.3, -0.25) is 4.79 Å². The van der Waals surface area contributed by atoms with Gasteiger partial charge in [0.05, 0.1) is 6.42 Å². The first-order chi connectivity index (χ1) is 8.79. The van der Waals surface area contributed by atoms with Gasteiger partial charge in [-0.05, 0) is 45.2 Å². The number of hydrogen-bond donors (Lipinski definition) is 1. The Morgan fingerprint density at radius 2 is 2.11 bits per heavy atom. The van der Waals surface area contributed by atoms with E-state index in [4.69, 9.17) is 5.73 Å². The van der Waals surface area contributed by atoms with Gasteiger partial charge in [0.1, 0.15) is 0 Å². The summed E-state index contributed by atoms with van der Waals surface area (Å²) in [5.41, 5.74) is 9.41. The van der Waals surface area contributed by atoms with Crippen LogP contribution in [0.2, 0.25) is 0 Å². The average molecular weight is 260 g/mol. The molecule has 0 saturated carbocycles. The van der Waals surface area contributed by atoms with Crippen LogP contribution in [0.1, 0.15) is 37.0 Å². The summed E-state index contributed by atoms with van der Waals surface area (Å²) < 4.78 is 0. The monoisotopic (exact) mass is 260 g/mol. The quantitative estimate of drug-likeness (QED) is 0.886. The maximum atomic E-state index is 12.5. The van der Waals surface area contributed by atoms with Crippen LogP contribution in [-0.2, 0) is 11.2 Å². The first-order valence-corrected chi connectivity index (χ1v) is 6.92. The lowest BCUT2D eigenvalue weighted by Gasteiger charge is -2.31. The standard InChI is InChI=1S/C16H24N2O/c1-11-5-6-13(12(2)7-11)8-15(19)18-10-14(17)9-16(18,3)4/h5-7,14H,8-10,17H2,1-4H3. The number of benzene rings is 1. The molecule has 1 aromatic carbocycles. The van der Waals surface area contributed by atoms with Gasteiger partial charge in [0, 0.05) is 18.1 Å². The number of carbonyl (C=O) groups is 1. The maximum Gasteiger partial charge on any atom is 0.227 e. The van der Waals surface area contributed by atoms with Gasteiger partial charge in [-0.2, -0.15) is 0 Å². The van der Waals surface area contributed by atoms with E-state index in [9.17, 15) is 4.79 Å². The second-order valence-corrected chi connectivity index (χ2v) is 6.39. The molecule has 2 N–H and O–H groups in total. The van der Waals surface area contributed by atoms with Gasteiger partial charge in [0.2, 0.25) is 5.91 Å². The summed E-state index contributed by atoms with van der Waals surface area (Å²) in [6.07, 6.45) is 1.36. The number of amides is 1. The highest BCUT2D eigenvalue weighted by molar-refractivity contribution is 5.80. The van der Waals surface area contributed by atoms with E-state index in [0.29, 0.717) is 13.0 Å². The van der Waals surface area contributed by atoms with Crippen molar-refractivity contribution >= 4 is 5.91 Å². The zero-order valence-corrected chi connectivity index (χ0v) is 12.4. The molecule has 0 aromatic heterocycles. The van der Waals surface area contributed by atoms with Gasteiger partial charge >= 0.3 is 0 Å². The molecule has 1 saturated heterocycles. The van der Waals surface area contributed by atoms with E-state index in [-0.39, 0.29) is 17.5 Å². The molecule has 1 aliphatic heterocycles. The molecular formula is C16H24N2O. The Bertz CT molecular complexity index is 494. The van der Waals surface area contributed by atoms with E-state index >= 15 is 0 Å². The van der Waals surface area contributed by atoms with Gasteiger partial charge in [-0.15, -0.1) is 0 Å². The van der Waals surface area contributed by atoms with Crippen LogP contribution in [0.25, 0.3) is 0 Å². The molecule has 1 amide bonds. The fraction of sp³-hybridized carbons (Fsp3) is 0.562. The zero-order valence-electron chi connectivity index (χ0n) is 12.4. The number of hydrogen-bond acceptors (Lipinski definition) is 2. The van der Waals surface area contributed by atoms with E-state index in [0.717, 1.165) is 12.0 Å². The maximum absolute atomic E-state index is 12.5. The summed E-state index contributed by atoms with van der Waals surface area (Å²) in [7, 11) is 0. The van der Waals surface area contributed by atoms with Crippen molar-refractivity contribution in [1.82, 2.24) is 4.90 Å². The topological polar surface area (TPSA) is 46.3 Å². The predicted molar refractivity (Wildman–Crippen MR) is 78.0 cm³/mol. The van der Waals surface area contributed by atoms with Crippen LogP contribution in [0.3, 0.4) is 0 Å². The predicted octanol–water partition coefficient (Wildman–Crippen LogP) is 2.18. The molecule has 1 heterocycles. The lowest BCUT2D eigenvalue weighted by atomic mass is 9.99. The van der Waals surface area contributed by atoms with Crippen molar-refractivity contribution in [2.45, 2.75) is 52.1 Å². The summed E-state index contributed by atoms with van der Waals surface area (Å²) >= 11 is 0. The third-order valence-corrected chi connectivity index (χ3v) is 4.05. The largest absolute Gasteiger partial charge is 0.336 e. The van der Waals surface area contributed by atoms with Crippen molar-refractivity contribution in [1.29, 1.82) is 0 Å². The van der Waals surface area contributed by atoms with E-state index in [1.807, 2.05) is 4.90 Å². The summed E-state index contributed by atoms with van der Waals surface area (Å²) in [5.74, 6) is 0.185. The highest BCUT2D eigenvalue weighted by Crippen LogP contribution is 2.28. The summed E-state index contributed by atoms with van der Waals surface area (Å²) in [6, 6.07) is 6.36. The number of nitrogens with zero attached hydrogens (tertiary/aromatic N) is 1. The van der Waals surface area contributed by atoms with Crippen molar-refractivity contribution in [3.8, 4) is 0 Å². The van der Waals surface area contributed by atoms with Crippen LogP contribution >= 0.6 is 0 Å². The Labute approximate surface area is 115 Å². The Hall–Kier alpha value is -1.35. The summed E-state index contributed by atoms with van der Waals surface area (Å²) in [5, 5.41) is 0. The van der Waals surface area contributed by atoms with Crippen molar-refractivity contribution < 1.29 is 4.79 Å². The molecule has 19 heavy (non-hydrogen) atoms. The van der Waals surface area contributed by atoms with Gasteiger partial charge in [-0.1, -0.05) is 23.8 Å². The molecule has 3 nitrogen and oxygen atoms in total. The number of likely N-dealkylation sites (tertiary alicyclic amines) is 1. The molecule has 1 aromatic rings. The average Bonchev–Trinajstić information content (AvgIpc) is 2.56. The smallest absolute Gasteiger partial charge is 0.227 e. The first-order valence-electron chi connectivity index (χ1n) is 6.92. The van der Waals surface area contributed by atoms with Crippen molar-refractivity contribution in [3.63, 3.8) is 0 Å². The van der Waals surface area contributed by atoms with Crippen LogP contribution in [0.15, 0.2) is 18.2 Å². The van der Waals surface area contributed by atoms with Crippen LogP contribution in [0, 0.1) is 13.8 Å². The van der Waals surface area contributed by atoms with Crippen LogP contribution in [0.4, 0.5) is 0 Å². The van der Waals surface area contributed by atoms with E-state index < -0.39 is 0 Å². The molecule has 1 aliphatic rings. The SMILES string of the molecule is Cc1ccc(CC(=O)N2CC(N)CC2(C)C)c(C)c1. The van der Waals surface area contributed by atoms with Crippen molar-refractivity contribution in [2.24, 2.45) is 5.73 Å². The zero-order chi connectivity index (χ0) is 14.2. The lowest BCUT2D eigenvalue weighted by Crippen LogP contribution is -2.43. The fourth-order valence-corrected chi connectivity index (χ4v) is 3.04. The normalized spacial score (nSPS) is 21.7. The minimum atomic E-state index is -0.116. The Kier molecular flexibility index (Phi) is 3.68. The van der Waals surface area contributed by atoms with Crippen molar-refractivity contribution in [2.75, 3.05) is 6.54 Å². The first kappa shape index (κ1) is 14.1. The minimum Gasteiger partial charge on any atom is -0.336 e. The molecule has 0 bridgehead atoms. The van der Waals surface area contributed by atoms with E-state index in [1.165, 1.54) is 11.1 Å². The molecule has 3 heteroatoms. The molecule has 104 valence electrons. The van der Waals surface area contributed by atoms with Gasteiger partial charge in [0.25, 0.3) is 0 Å². The minimum absolute atomic E-state index is 0.109. The van der Waals surface area contributed by atoms with Gasteiger partial charge < -0.3 is 10.6 Å². The molecule has 1 fully saturated rings. The second kappa shape index (κ2) is 4.97. The van der Waals surface area contributed by atoms with Crippen LogP contribution in [-0.4, -0.2) is 28.9 Å². The van der Waals surface area contributed by atoms with Crippen LogP contribution < -0.4 is 5.73 Å². The second-order valence-electron chi connectivity index (χ2n) is 6.39. The molecule has 1 unspecified atom stereocenters. The lowest BCUT2D eigenvalue weighted by molar-refractivity contribution is -0.133. The summed E-state index contributed by atoms with van der Waals surface area (Å²) in [4.78, 5) is 14.4.